The molecule has 0 N–H and O–H groups in total. The summed E-state index contributed by atoms with van der Waals surface area (Å²) in [5, 5.41) is 0. The van der Waals surface area contributed by atoms with Gasteiger partial charge < -0.3 is 9.47 Å². The Bertz CT molecular complexity index is 840. The zero-order valence-corrected chi connectivity index (χ0v) is 15.4. The standard InChI is InChI=1S/C24H24NO2/c1-2-5-20(6-3-1)21-9-11-22(12-10-21)27-24-8-4-7-23(17-24)26-18-19-13-15-25-16-14-19/h4,7-9,11-17,20H,1-3,5-6,18H2. The van der Waals surface area contributed by atoms with E-state index in [1.54, 1.807) is 12.4 Å². The molecule has 0 spiro atoms. The molecule has 0 amide bonds. The maximum absolute atomic E-state index is 5.99. The molecular weight excluding hydrogens is 334 g/mol. The molecule has 4 rings (SSSR count). The number of nitrogens with zero attached hydrogens (tertiary/aromatic N) is 1. The van der Waals surface area contributed by atoms with Gasteiger partial charge in [0.25, 0.3) is 0 Å². The van der Waals surface area contributed by atoms with Gasteiger partial charge in [-0.25, -0.2) is 0 Å². The number of pyridine rings is 1. The molecule has 1 aliphatic carbocycles. The van der Waals surface area contributed by atoms with Gasteiger partial charge in [0.2, 0.25) is 0 Å². The fourth-order valence-electron chi connectivity index (χ4n) is 3.56. The third-order valence-corrected chi connectivity index (χ3v) is 5.05. The molecule has 137 valence electrons. The first kappa shape index (κ1) is 17.6. The summed E-state index contributed by atoms with van der Waals surface area (Å²) in [4.78, 5) is 4.02. The SMILES string of the molecule is [c]1cc(Oc2cccc(OCc3ccncc3)c2)ccc1C1CCCCC1. The van der Waals surface area contributed by atoms with Gasteiger partial charge in [-0.2, -0.15) is 0 Å². The molecular formula is C24H24NO2. The summed E-state index contributed by atoms with van der Waals surface area (Å²) in [7, 11) is 0. The normalized spacial score (nSPS) is 14.7. The molecule has 3 aromatic rings. The van der Waals surface area contributed by atoms with E-state index >= 15 is 0 Å². The van der Waals surface area contributed by atoms with Gasteiger partial charge in [0.15, 0.2) is 0 Å². The second-order valence-corrected chi connectivity index (χ2v) is 7.04. The van der Waals surface area contributed by atoms with Crippen molar-refractivity contribution in [3.63, 3.8) is 0 Å². The van der Waals surface area contributed by atoms with Crippen LogP contribution in [-0.2, 0) is 6.61 Å². The first-order chi connectivity index (χ1) is 13.4. The third-order valence-electron chi connectivity index (χ3n) is 5.05. The molecule has 0 aliphatic heterocycles. The number of hydrogen-bond donors (Lipinski definition) is 0. The molecule has 0 bridgehead atoms. The van der Waals surface area contributed by atoms with E-state index in [0.717, 1.165) is 22.8 Å². The van der Waals surface area contributed by atoms with E-state index in [0.29, 0.717) is 12.5 Å². The molecule has 1 heterocycles. The maximum Gasteiger partial charge on any atom is 0.131 e. The van der Waals surface area contributed by atoms with Crippen molar-refractivity contribution in [1.82, 2.24) is 4.98 Å². The average Bonchev–Trinajstić information content (AvgIpc) is 2.75. The molecule has 1 radical (unpaired) electrons. The van der Waals surface area contributed by atoms with E-state index in [4.69, 9.17) is 9.47 Å². The monoisotopic (exact) mass is 358 g/mol. The highest BCUT2D eigenvalue weighted by molar-refractivity contribution is 5.38. The lowest BCUT2D eigenvalue weighted by atomic mass is 9.84. The van der Waals surface area contributed by atoms with Crippen molar-refractivity contribution < 1.29 is 9.47 Å². The molecule has 1 aliphatic rings. The van der Waals surface area contributed by atoms with Crippen LogP contribution in [0, 0.1) is 6.07 Å². The van der Waals surface area contributed by atoms with Crippen LogP contribution < -0.4 is 9.47 Å². The van der Waals surface area contributed by atoms with Crippen LogP contribution in [-0.4, -0.2) is 4.98 Å². The van der Waals surface area contributed by atoms with E-state index in [1.807, 2.05) is 48.5 Å². The second-order valence-electron chi connectivity index (χ2n) is 7.04. The summed E-state index contributed by atoms with van der Waals surface area (Å²) >= 11 is 0. The van der Waals surface area contributed by atoms with Crippen LogP contribution in [0.25, 0.3) is 0 Å². The van der Waals surface area contributed by atoms with Gasteiger partial charge in [-0.05, 0) is 72.4 Å². The Morgan fingerprint density at radius 1 is 0.889 bits per heavy atom. The fraction of sp³-hybridized carbons (Fsp3) is 0.292. The van der Waals surface area contributed by atoms with Crippen molar-refractivity contribution in [1.29, 1.82) is 0 Å². The molecule has 3 nitrogen and oxygen atoms in total. The lowest BCUT2D eigenvalue weighted by molar-refractivity contribution is 0.304. The largest absolute Gasteiger partial charge is 0.489 e. The molecule has 0 saturated heterocycles. The van der Waals surface area contributed by atoms with Crippen molar-refractivity contribution in [3.05, 3.63) is 84.2 Å². The summed E-state index contributed by atoms with van der Waals surface area (Å²) in [6, 6.07) is 21.2. The molecule has 0 unspecified atom stereocenters. The summed E-state index contributed by atoms with van der Waals surface area (Å²) < 4.78 is 11.8. The molecule has 1 fully saturated rings. The Morgan fingerprint density at radius 3 is 2.48 bits per heavy atom. The van der Waals surface area contributed by atoms with Crippen molar-refractivity contribution in [2.24, 2.45) is 0 Å². The highest BCUT2D eigenvalue weighted by atomic mass is 16.5. The van der Waals surface area contributed by atoms with Crippen LogP contribution in [0.4, 0.5) is 0 Å². The van der Waals surface area contributed by atoms with Crippen molar-refractivity contribution >= 4 is 0 Å². The van der Waals surface area contributed by atoms with Gasteiger partial charge in [0.05, 0.1) is 0 Å². The quantitative estimate of drug-likeness (QED) is 0.518. The topological polar surface area (TPSA) is 31.4 Å². The first-order valence-corrected chi connectivity index (χ1v) is 9.68. The number of rotatable bonds is 6. The number of hydrogen-bond acceptors (Lipinski definition) is 3. The lowest BCUT2D eigenvalue weighted by Gasteiger charge is -2.21. The summed E-state index contributed by atoms with van der Waals surface area (Å²) in [6.45, 7) is 0.510. The number of benzene rings is 2. The van der Waals surface area contributed by atoms with E-state index < -0.39 is 0 Å². The van der Waals surface area contributed by atoms with Gasteiger partial charge >= 0.3 is 0 Å². The zero-order chi connectivity index (χ0) is 18.3. The summed E-state index contributed by atoms with van der Waals surface area (Å²) in [6.07, 6.45) is 10.2. The summed E-state index contributed by atoms with van der Waals surface area (Å²) in [5.74, 6) is 3.02. The van der Waals surface area contributed by atoms with Crippen LogP contribution >= 0.6 is 0 Å². The van der Waals surface area contributed by atoms with Crippen LogP contribution in [0.2, 0.25) is 0 Å². The van der Waals surface area contributed by atoms with Gasteiger partial charge in [-0.3, -0.25) is 4.98 Å². The highest BCUT2D eigenvalue weighted by Crippen LogP contribution is 2.33. The average molecular weight is 358 g/mol. The van der Waals surface area contributed by atoms with Crippen molar-refractivity contribution in [2.75, 3.05) is 0 Å². The minimum absolute atomic E-state index is 0.510. The summed E-state index contributed by atoms with van der Waals surface area (Å²) in [5.41, 5.74) is 2.40. The lowest BCUT2D eigenvalue weighted by Crippen LogP contribution is -2.04. The molecule has 0 atom stereocenters. The minimum atomic E-state index is 0.510. The van der Waals surface area contributed by atoms with Crippen molar-refractivity contribution in [3.8, 4) is 17.2 Å². The van der Waals surface area contributed by atoms with E-state index in [9.17, 15) is 0 Å². The Labute approximate surface area is 161 Å². The fourth-order valence-corrected chi connectivity index (χ4v) is 3.56. The Hall–Kier alpha value is -2.81. The van der Waals surface area contributed by atoms with Gasteiger partial charge in [0.1, 0.15) is 23.9 Å². The second kappa shape index (κ2) is 8.72. The van der Waals surface area contributed by atoms with E-state index in [-0.39, 0.29) is 0 Å². The smallest absolute Gasteiger partial charge is 0.131 e. The van der Waals surface area contributed by atoms with Gasteiger partial charge in [-0.15, -0.1) is 0 Å². The van der Waals surface area contributed by atoms with E-state index in [2.05, 4.69) is 17.1 Å². The molecule has 1 aromatic heterocycles. The maximum atomic E-state index is 5.99. The van der Waals surface area contributed by atoms with Gasteiger partial charge in [0, 0.05) is 18.5 Å². The molecule has 2 aromatic carbocycles. The Kier molecular flexibility index (Phi) is 5.68. The molecule has 1 saturated carbocycles. The highest BCUT2D eigenvalue weighted by Gasteiger charge is 2.15. The van der Waals surface area contributed by atoms with Gasteiger partial charge in [-0.1, -0.05) is 31.4 Å². The predicted octanol–water partition coefficient (Wildman–Crippen LogP) is 6.30. The predicted molar refractivity (Wildman–Crippen MR) is 106 cm³/mol. The zero-order valence-electron chi connectivity index (χ0n) is 15.4. The first-order valence-electron chi connectivity index (χ1n) is 9.68. The molecule has 3 heteroatoms. The minimum Gasteiger partial charge on any atom is -0.489 e. The Morgan fingerprint density at radius 2 is 1.70 bits per heavy atom. The number of ether oxygens (including phenoxy) is 2. The van der Waals surface area contributed by atoms with Crippen molar-refractivity contribution in [2.45, 2.75) is 44.6 Å². The number of aromatic nitrogens is 1. The van der Waals surface area contributed by atoms with Crippen LogP contribution in [0.1, 0.15) is 49.1 Å². The van der Waals surface area contributed by atoms with E-state index in [1.165, 1.54) is 37.7 Å². The van der Waals surface area contributed by atoms with Crippen LogP contribution in [0.3, 0.4) is 0 Å². The van der Waals surface area contributed by atoms with Crippen LogP contribution in [0.5, 0.6) is 17.2 Å². The molecule has 27 heavy (non-hydrogen) atoms. The Balaban J connectivity index is 1.37. The van der Waals surface area contributed by atoms with Crippen LogP contribution in [0.15, 0.2) is 67.0 Å². The third kappa shape index (κ3) is 4.88.